The number of carbonyl (C=O) groups is 2. The monoisotopic (exact) mass is 407 g/mol. The van der Waals surface area contributed by atoms with E-state index in [0.717, 1.165) is 30.3 Å². The maximum atomic E-state index is 12.6. The Morgan fingerprint density at radius 2 is 1.80 bits per heavy atom. The van der Waals surface area contributed by atoms with Gasteiger partial charge in [0.1, 0.15) is 0 Å². The van der Waals surface area contributed by atoms with Gasteiger partial charge >= 0.3 is 0 Å². The van der Waals surface area contributed by atoms with Crippen LogP contribution in [-0.2, 0) is 15.0 Å². The molecule has 7 heteroatoms. The van der Waals surface area contributed by atoms with Crippen molar-refractivity contribution in [3.63, 3.8) is 0 Å². The molecule has 1 unspecified atom stereocenters. The summed E-state index contributed by atoms with van der Waals surface area (Å²) in [6.45, 7) is 9.13. The number of benzene rings is 1. The van der Waals surface area contributed by atoms with Gasteiger partial charge in [-0.15, -0.1) is 5.10 Å². The summed E-state index contributed by atoms with van der Waals surface area (Å²) >= 11 is 0. The molecule has 2 fully saturated rings. The van der Waals surface area contributed by atoms with Crippen LogP contribution in [0.25, 0.3) is 0 Å². The number of nitrogens with zero attached hydrogens (tertiary/aromatic N) is 4. The van der Waals surface area contributed by atoms with Gasteiger partial charge < -0.3 is 15.1 Å². The third-order valence-corrected chi connectivity index (χ3v) is 5.83. The van der Waals surface area contributed by atoms with E-state index in [9.17, 15) is 9.59 Å². The van der Waals surface area contributed by atoms with Gasteiger partial charge in [-0.2, -0.15) is 5.10 Å². The van der Waals surface area contributed by atoms with E-state index in [-0.39, 0.29) is 29.6 Å². The molecule has 1 aromatic carbocycles. The third kappa shape index (κ3) is 4.30. The average molecular weight is 408 g/mol. The van der Waals surface area contributed by atoms with E-state index in [1.807, 2.05) is 42.5 Å². The fraction of sp³-hybridized carbons (Fsp3) is 0.478. The molecule has 2 amide bonds. The first-order valence-electron chi connectivity index (χ1n) is 10.5. The molecule has 30 heavy (non-hydrogen) atoms. The summed E-state index contributed by atoms with van der Waals surface area (Å²) < 4.78 is 0. The lowest BCUT2D eigenvalue weighted by Crippen LogP contribution is -2.52. The van der Waals surface area contributed by atoms with Crippen LogP contribution in [-0.4, -0.2) is 48.2 Å². The molecule has 2 saturated heterocycles. The zero-order valence-corrected chi connectivity index (χ0v) is 17.8. The van der Waals surface area contributed by atoms with Crippen molar-refractivity contribution in [3.8, 4) is 0 Å². The highest BCUT2D eigenvalue weighted by molar-refractivity contribution is 6.00. The van der Waals surface area contributed by atoms with E-state index in [1.54, 1.807) is 4.90 Å². The van der Waals surface area contributed by atoms with Gasteiger partial charge in [0.2, 0.25) is 11.8 Å². The molecule has 2 aliphatic rings. The Morgan fingerprint density at radius 1 is 1.07 bits per heavy atom. The Labute approximate surface area is 177 Å². The smallest absolute Gasteiger partial charge is 0.227 e. The number of hydrogen-bond donors (Lipinski definition) is 1. The van der Waals surface area contributed by atoms with E-state index in [4.69, 9.17) is 0 Å². The van der Waals surface area contributed by atoms with Gasteiger partial charge in [-0.05, 0) is 24.3 Å². The molecule has 1 aromatic heterocycles. The van der Waals surface area contributed by atoms with Crippen molar-refractivity contribution in [2.75, 3.05) is 36.0 Å². The zero-order valence-electron chi connectivity index (χ0n) is 17.8. The van der Waals surface area contributed by atoms with Gasteiger partial charge in [0.05, 0.1) is 11.6 Å². The predicted octanol–water partition coefficient (Wildman–Crippen LogP) is 2.38. The minimum atomic E-state index is -0.287. The fourth-order valence-corrected chi connectivity index (χ4v) is 3.91. The predicted molar refractivity (Wildman–Crippen MR) is 116 cm³/mol. The summed E-state index contributed by atoms with van der Waals surface area (Å²) in [5.41, 5.74) is 1.82. The normalized spacial score (nSPS) is 19.7. The first-order chi connectivity index (χ1) is 14.3. The van der Waals surface area contributed by atoms with Gasteiger partial charge in [0.25, 0.3) is 0 Å². The van der Waals surface area contributed by atoms with Crippen molar-refractivity contribution in [1.29, 1.82) is 0 Å². The molecule has 1 N–H and O–H groups in total. The third-order valence-electron chi connectivity index (χ3n) is 5.83. The number of aromatic nitrogens is 2. The van der Waals surface area contributed by atoms with E-state index in [1.165, 1.54) is 0 Å². The first-order valence-corrected chi connectivity index (χ1v) is 10.5. The molecule has 2 aliphatic heterocycles. The molecule has 4 rings (SSSR count). The van der Waals surface area contributed by atoms with Crippen molar-refractivity contribution in [1.82, 2.24) is 15.5 Å². The molecule has 3 heterocycles. The van der Waals surface area contributed by atoms with Crippen LogP contribution in [0.5, 0.6) is 0 Å². The van der Waals surface area contributed by atoms with Crippen LogP contribution in [0.2, 0.25) is 0 Å². The summed E-state index contributed by atoms with van der Waals surface area (Å²) in [6, 6.07) is 13.6. The lowest BCUT2D eigenvalue weighted by atomic mass is 9.92. The minimum absolute atomic E-state index is 0.00782. The zero-order chi connectivity index (χ0) is 21.3. The molecule has 1 atom stereocenters. The average Bonchev–Trinajstić information content (AvgIpc) is 3.09. The molecule has 7 nitrogen and oxygen atoms in total. The Balaban J connectivity index is 1.23. The second-order valence-corrected chi connectivity index (χ2v) is 9.28. The van der Waals surface area contributed by atoms with Crippen LogP contribution in [0.15, 0.2) is 42.5 Å². The Hall–Kier alpha value is -2.96. The number of hydrogen-bond acceptors (Lipinski definition) is 5. The number of para-hydroxylation sites is 1. The summed E-state index contributed by atoms with van der Waals surface area (Å²) in [5.74, 6) is 0.957. The number of nitrogens with one attached hydrogen (secondary N) is 1. The molecule has 0 radical (unpaired) electrons. The second-order valence-electron chi connectivity index (χ2n) is 9.28. The van der Waals surface area contributed by atoms with Gasteiger partial charge in [-0.3, -0.25) is 9.59 Å². The van der Waals surface area contributed by atoms with Crippen molar-refractivity contribution in [2.45, 2.75) is 32.6 Å². The summed E-state index contributed by atoms with van der Waals surface area (Å²) in [6.07, 6.45) is 0.271. The van der Waals surface area contributed by atoms with Crippen LogP contribution < -0.4 is 15.1 Å². The lowest BCUT2D eigenvalue weighted by Gasteiger charge is -2.40. The van der Waals surface area contributed by atoms with Crippen LogP contribution in [0.1, 0.15) is 32.9 Å². The number of amides is 2. The Bertz CT molecular complexity index is 901. The largest absolute Gasteiger partial charge is 0.355 e. The molecule has 0 aliphatic carbocycles. The summed E-state index contributed by atoms with van der Waals surface area (Å²) in [5, 5.41) is 11.7. The highest BCUT2D eigenvalue weighted by Crippen LogP contribution is 2.26. The van der Waals surface area contributed by atoms with Crippen LogP contribution >= 0.6 is 0 Å². The van der Waals surface area contributed by atoms with Gasteiger partial charge in [-0.1, -0.05) is 39.0 Å². The molecule has 0 saturated carbocycles. The number of anilines is 2. The number of carbonyl (C=O) groups excluding carboxylic acids is 2. The first kappa shape index (κ1) is 20.3. The molecular formula is C23H29N5O2. The minimum Gasteiger partial charge on any atom is -0.355 e. The fourth-order valence-electron chi connectivity index (χ4n) is 3.91. The summed E-state index contributed by atoms with van der Waals surface area (Å²) in [7, 11) is 0. The maximum Gasteiger partial charge on any atom is 0.227 e. The van der Waals surface area contributed by atoms with E-state index in [2.05, 4.69) is 41.2 Å². The molecule has 0 bridgehead atoms. The molecular weight excluding hydrogens is 378 g/mol. The topological polar surface area (TPSA) is 78.4 Å². The van der Waals surface area contributed by atoms with Crippen molar-refractivity contribution in [2.24, 2.45) is 11.8 Å². The van der Waals surface area contributed by atoms with E-state index < -0.39 is 0 Å². The number of rotatable bonds is 5. The lowest BCUT2D eigenvalue weighted by molar-refractivity contribution is -0.126. The van der Waals surface area contributed by atoms with Crippen LogP contribution in [0.3, 0.4) is 0 Å². The van der Waals surface area contributed by atoms with Crippen molar-refractivity contribution >= 4 is 23.3 Å². The Kier molecular flexibility index (Phi) is 5.45. The van der Waals surface area contributed by atoms with Crippen LogP contribution in [0, 0.1) is 11.8 Å². The van der Waals surface area contributed by atoms with Gasteiger partial charge in [0, 0.05) is 49.6 Å². The van der Waals surface area contributed by atoms with Crippen molar-refractivity contribution < 1.29 is 9.59 Å². The SMILES string of the molecule is CC(C)(C)c1ccc(N2CC(CNC(=O)C3CC(=O)N(c4ccccc4)C3)C2)nn1. The quantitative estimate of drug-likeness (QED) is 0.823. The second kappa shape index (κ2) is 8.05. The molecule has 0 spiro atoms. The molecule has 2 aromatic rings. The molecule has 158 valence electrons. The van der Waals surface area contributed by atoms with Gasteiger partial charge in [-0.25, -0.2) is 0 Å². The van der Waals surface area contributed by atoms with Crippen molar-refractivity contribution in [3.05, 3.63) is 48.2 Å². The van der Waals surface area contributed by atoms with E-state index >= 15 is 0 Å². The maximum absolute atomic E-state index is 12.6. The van der Waals surface area contributed by atoms with Gasteiger partial charge in [0.15, 0.2) is 5.82 Å². The Morgan fingerprint density at radius 3 is 2.43 bits per heavy atom. The van der Waals surface area contributed by atoms with E-state index in [0.29, 0.717) is 19.0 Å². The highest BCUT2D eigenvalue weighted by atomic mass is 16.2. The highest BCUT2D eigenvalue weighted by Gasteiger charge is 2.36. The summed E-state index contributed by atoms with van der Waals surface area (Å²) in [4.78, 5) is 28.8. The van der Waals surface area contributed by atoms with Crippen LogP contribution in [0.4, 0.5) is 11.5 Å². The standard InChI is InChI=1S/C23H29N5O2/c1-23(2,3)19-9-10-20(26-25-19)27-13-16(14-27)12-24-22(30)17-11-21(29)28(15-17)18-7-5-4-6-8-18/h4-10,16-17H,11-15H2,1-3H3,(H,24,30).